The molecule has 2 saturated heterocycles. The molecule has 3 heterocycles. The van der Waals surface area contributed by atoms with E-state index < -0.39 is 11.5 Å². The van der Waals surface area contributed by atoms with Crippen LogP contribution in [0, 0.1) is 5.41 Å². The van der Waals surface area contributed by atoms with E-state index >= 15 is 0 Å². The van der Waals surface area contributed by atoms with Crippen LogP contribution in [0.3, 0.4) is 0 Å². The number of halogens is 1. The van der Waals surface area contributed by atoms with Gasteiger partial charge in [0.05, 0.1) is 28.4 Å². The number of anilines is 2. The molecule has 0 bridgehead atoms. The van der Waals surface area contributed by atoms with E-state index in [0.717, 1.165) is 58.0 Å². The zero-order chi connectivity index (χ0) is 22.2. The molecule has 3 aliphatic rings. The zero-order valence-electron chi connectivity index (χ0n) is 18.0. The summed E-state index contributed by atoms with van der Waals surface area (Å²) in [5, 5.41) is 19.5. The summed E-state index contributed by atoms with van der Waals surface area (Å²) in [4.78, 5) is 34.7. The first-order valence-electron chi connectivity index (χ1n) is 11.2. The van der Waals surface area contributed by atoms with Crippen molar-refractivity contribution in [3.05, 3.63) is 17.3 Å². The maximum absolute atomic E-state index is 13.5. The van der Waals surface area contributed by atoms with Crippen molar-refractivity contribution in [3.63, 3.8) is 0 Å². The number of carboxylic acid groups (broad SMARTS) is 1. The van der Waals surface area contributed by atoms with E-state index in [2.05, 4.69) is 14.8 Å². The van der Waals surface area contributed by atoms with Crippen LogP contribution in [0.15, 0.2) is 12.3 Å². The largest absolute Gasteiger partial charge is 0.465 e. The summed E-state index contributed by atoms with van der Waals surface area (Å²) >= 11 is 6.52. The SMILES string of the molecule is CCN(C(=O)O)c1cnc(N2CCCC3(CCN(C4CCC(O)CC4)C3=O)C2)c(Cl)c1. The van der Waals surface area contributed by atoms with Gasteiger partial charge in [-0.1, -0.05) is 11.6 Å². The molecule has 31 heavy (non-hydrogen) atoms. The maximum Gasteiger partial charge on any atom is 0.411 e. The number of carbonyl (C=O) groups excluding carboxylic acids is 1. The molecule has 1 atom stereocenters. The fraction of sp³-hybridized carbons (Fsp3) is 0.682. The molecule has 1 aliphatic carbocycles. The fourth-order valence-electron chi connectivity index (χ4n) is 5.49. The van der Waals surface area contributed by atoms with Crippen LogP contribution in [0.1, 0.15) is 51.9 Å². The van der Waals surface area contributed by atoms with Gasteiger partial charge < -0.3 is 20.0 Å². The highest BCUT2D eigenvalue weighted by Gasteiger charge is 2.51. The predicted molar refractivity (Wildman–Crippen MR) is 119 cm³/mol. The monoisotopic (exact) mass is 450 g/mol. The van der Waals surface area contributed by atoms with Gasteiger partial charge >= 0.3 is 6.09 Å². The Morgan fingerprint density at radius 2 is 2.03 bits per heavy atom. The number of amides is 2. The lowest BCUT2D eigenvalue weighted by molar-refractivity contribution is -0.139. The molecule has 170 valence electrons. The van der Waals surface area contributed by atoms with Gasteiger partial charge in [-0.05, 0) is 57.9 Å². The van der Waals surface area contributed by atoms with E-state index in [4.69, 9.17) is 11.6 Å². The topological polar surface area (TPSA) is 97.2 Å². The molecule has 2 amide bonds. The summed E-state index contributed by atoms with van der Waals surface area (Å²) < 4.78 is 0. The van der Waals surface area contributed by atoms with Gasteiger partial charge in [-0.25, -0.2) is 9.78 Å². The molecule has 0 aromatic carbocycles. The summed E-state index contributed by atoms with van der Waals surface area (Å²) in [5.41, 5.74) is 0.0344. The van der Waals surface area contributed by atoms with Crippen molar-refractivity contribution in [2.45, 2.75) is 64.0 Å². The van der Waals surface area contributed by atoms with Gasteiger partial charge in [0, 0.05) is 32.2 Å². The molecule has 2 N–H and O–H groups in total. The third-order valence-corrected chi connectivity index (χ3v) is 7.47. The fourth-order valence-corrected chi connectivity index (χ4v) is 5.77. The Morgan fingerprint density at radius 3 is 2.68 bits per heavy atom. The van der Waals surface area contributed by atoms with Crippen molar-refractivity contribution >= 4 is 35.1 Å². The molecule has 2 aliphatic heterocycles. The molecule has 1 spiro atoms. The van der Waals surface area contributed by atoms with Crippen molar-refractivity contribution in [1.29, 1.82) is 0 Å². The van der Waals surface area contributed by atoms with Gasteiger partial charge in [0.2, 0.25) is 5.91 Å². The highest BCUT2D eigenvalue weighted by molar-refractivity contribution is 6.33. The summed E-state index contributed by atoms with van der Waals surface area (Å²) in [5.74, 6) is 0.840. The van der Waals surface area contributed by atoms with E-state index in [1.165, 1.54) is 11.1 Å². The number of nitrogens with zero attached hydrogens (tertiary/aromatic N) is 4. The Balaban J connectivity index is 1.50. The molecule has 1 aromatic heterocycles. The van der Waals surface area contributed by atoms with Crippen LogP contribution in [0.5, 0.6) is 0 Å². The third kappa shape index (κ3) is 4.20. The highest BCUT2D eigenvalue weighted by atomic mass is 35.5. The Bertz CT molecular complexity index is 845. The average molecular weight is 451 g/mol. The Labute approximate surface area is 187 Å². The van der Waals surface area contributed by atoms with Crippen LogP contribution in [-0.2, 0) is 4.79 Å². The van der Waals surface area contributed by atoms with Crippen LogP contribution in [0.25, 0.3) is 0 Å². The molecule has 1 aromatic rings. The standard InChI is InChI=1S/C22H31ClN4O4/c1-2-26(21(30)31)16-12-18(23)19(24-13-16)25-10-3-8-22(14-25)9-11-27(20(22)29)15-4-6-17(28)7-5-15/h12-13,15,17,28H,2-11,14H2,1H3,(H,30,31). The number of hydrogen-bond acceptors (Lipinski definition) is 5. The smallest absolute Gasteiger partial charge is 0.411 e. The summed E-state index contributed by atoms with van der Waals surface area (Å²) in [7, 11) is 0. The maximum atomic E-state index is 13.5. The predicted octanol–water partition coefficient (Wildman–Crippen LogP) is 3.36. The number of likely N-dealkylation sites (tertiary alicyclic amines) is 1. The Morgan fingerprint density at radius 1 is 1.29 bits per heavy atom. The van der Waals surface area contributed by atoms with Crippen LogP contribution in [-0.4, -0.2) is 70.4 Å². The highest BCUT2D eigenvalue weighted by Crippen LogP contribution is 2.44. The average Bonchev–Trinajstić information content (AvgIpc) is 3.04. The van der Waals surface area contributed by atoms with E-state index in [-0.39, 0.29) is 18.1 Å². The minimum Gasteiger partial charge on any atom is -0.465 e. The van der Waals surface area contributed by atoms with Crippen molar-refractivity contribution in [2.24, 2.45) is 5.41 Å². The number of piperidine rings is 1. The van der Waals surface area contributed by atoms with E-state index in [0.29, 0.717) is 29.6 Å². The molecular formula is C22H31ClN4O4. The van der Waals surface area contributed by atoms with Crippen LogP contribution in [0.4, 0.5) is 16.3 Å². The second-order valence-corrected chi connectivity index (χ2v) is 9.45. The van der Waals surface area contributed by atoms with Gasteiger partial charge in [0.15, 0.2) is 0 Å². The van der Waals surface area contributed by atoms with Crippen molar-refractivity contribution in [1.82, 2.24) is 9.88 Å². The summed E-state index contributed by atoms with van der Waals surface area (Å²) in [6.45, 7) is 4.20. The van der Waals surface area contributed by atoms with Gasteiger partial charge in [0.25, 0.3) is 0 Å². The van der Waals surface area contributed by atoms with Crippen molar-refractivity contribution < 1.29 is 19.8 Å². The first-order chi connectivity index (χ1) is 14.8. The first-order valence-corrected chi connectivity index (χ1v) is 11.6. The van der Waals surface area contributed by atoms with Gasteiger partial charge in [-0.15, -0.1) is 0 Å². The molecule has 8 nitrogen and oxygen atoms in total. The number of carbonyl (C=O) groups is 2. The normalized spacial score (nSPS) is 28.9. The van der Waals surface area contributed by atoms with Gasteiger partial charge in [-0.3, -0.25) is 9.69 Å². The summed E-state index contributed by atoms with van der Waals surface area (Å²) in [6, 6.07) is 1.88. The van der Waals surface area contributed by atoms with Crippen molar-refractivity contribution in [2.75, 3.05) is 36.0 Å². The number of pyridine rings is 1. The molecule has 1 saturated carbocycles. The molecule has 9 heteroatoms. The number of aromatic nitrogens is 1. The second-order valence-electron chi connectivity index (χ2n) is 9.04. The van der Waals surface area contributed by atoms with Gasteiger partial charge in [0.1, 0.15) is 5.82 Å². The lowest BCUT2D eigenvalue weighted by Gasteiger charge is -2.41. The van der Waals surface area contributed by atoms with E-state index in [1.807, 2.05) is 0 Å². The molecule has 0 radical (unpaired) electrons. The number of aliphatic hydroxyl groups excluding tert-OH is 1. The van der Waals surface area contributed by atoms with E-state index in [9.17, 15) is 19.8 Å². The number of rotatable bonds is 4. The van der Waals surface area contributed by atoms with E-state index in [1.54, 1.807) is 13.0 Å². The lowest BCUT2D eigenvalue weighted by atomic mass is 9.78. The quantitative estimate of drug-likeness (QED) is 0.730. The Kier molecular flexibility index (Phi) is 6.30. The van der Waals surface area contributed by atoms with Gasteiger partial charge in [-0.2, -0.15) is 0 Å². The molecule has 1 unspecified atom stereocenters. The minimum atomic E-state index is -1.04. The number of aliphatic hydroxyl groups is 1. The summed E-state index contributed by atoms with van der Waals surface area (Å²) in [6.07, 6.45) is 6.14. The third-order valence-electron chi connectivity index (χ3n) is 7.20. The van der Waals surface area contributed by atoms with Crippen LogP contribution < -0.4 is 9.80 Å². The Hall–Kier alpha value is -2.06. The first kappa shape index (κ1) is 22.1. The second kappa shape index (κ2) is 8.82. The molecule has 3 fully saturated rings. The lowest BCUT2D eigenvalue weighted by Crippen LogP contribution is -2.50. The van der Waals surface area contributed by atoms with Crippen molar-refractivity contribution in [3.8, 4) is 0 Å². The van der Waals surface area contributed by atoms with Crippen LogP contribution >= 0.6 is 11.6 Å². The zero-order valence-corrected chi connectivity index (χ0v) is 18.7. The number of hydrogen-bond donors (Lipinski definition) is 2. The minimum absolute atomic E-state index is 0.228. The van der Waals surface area contributed by atoms with Crippen LogP contribution in [0.2, 0.25) is 5.02 Å². The molecule has 4 rings (SSSR count). The molecular weight excluding hydrogens is 420 g/mol.